The molecule has 2 aromatic heterocycles. The molecule has 0 amide bonds. The van der Waals surface area contributed by atoms with Crippen LogP contribution in [0.4, 0.5) is 5.82 Å². The van der Waals surface area contributed by atoms with Gasteiger partial charge >= 0.3 is 0 Å². The van der Waals surface area contributed by atoms with Crippen LogP contribution in [0.1, 0.15) is 13.3 Å². The van der Waals surface area contributed by atoms with E-state index < -0.39 is 0 Å². The Labute approximate surface area is 104 Å². The highest BCUT2D eigenvalue weighted by molar-refractivity contribution is 7.17. The molecule has 17 heavy (non-hydrogen) atoms. The van der Waals surface area contributed by atoms with E-state index in [1.54, 1.807) is 17.7 Å². The lowest BCUT2D eigenvalue weighted by Crippen LogP contribution is -2.35. The van der Waals surface area contributed by atoms with E-state index in [4.69, 9.17) is 0 Å². The van der Waals surface area contributed by atoms with Gasteiger partial charge in [-0.1, -0.05) is 6.92 Å². The lowest BCUT2D eigenvalue weighted by molar-refractivity contribution is 0.244. The van der Waals surface area contributed by atoms with E-state index in [0.717, 1.165) is 29.0 Å². The van der Waals surface area contributed by atoms with Gasteiger partial charge in [-0.05, 0) is 23.8 Å². The molecule has 0 radical (unpaired) electrons. The van der Waals surface area contributed by atoms with E-state index in [1.807, 2.05) is 11.4 Å². The summed E-state index contributed by atoms with van der Waals surface area (Å²) in [5, 5.41) is 11.5. The number of anilines is 1. The zero-order valence-electron chi connectivity index (χ0n) is 9.71. The summed E-state index contributed by atoms with van der Waals surface area (Å²) in [4.78, 5) is 10.9. The molecule has 1 saturated heterocycles. The van der Waals surface area contributed by atoms with Crippen molar-refractivity contribution in [3.8, 4) is 0 Å². The number of rotatable bonds is 2. The third-order valence-corrected chi connectivity index (χ3v) is 4.47. The molecule has 1 aliphatic rings. The molecule has 0 saturated carbocycles. The van der Waals surface area contributed by atoms with Gasteiger partial charge in [-0.15, -0.1) is 11.3 Å². The number of aliphatic hydroxyl groups excluding tert-OH is 1. The smallest absolute Gasteiger partial charge is 0.150 e. The molecule has 2 aromatic rings. The van der Waals surface area contributed by atoms with Crippen LogP contribution in [0.2, 0.25) is 0 Å². The van der Waals surface area contributed by atoms with Gasteiger partial charge in [-0.3, -0.25) is 0 Å². The average molecular weight is 249 g/mol. The minimum atomic E-state index is 0.190. The first-order valence-corrected chi connectivity index (χ1v) is 6.75. The van der Waals surface area contributed by atoms with Gasteiger partial charge < -0.3 is 10.0 Å². The Morgan fingerprint density at radius 1 is 1.53 bits per heavy atom. The summed E-state index contributed by atoms with van der Waals surface area (Å²) < 4.78 is 1.13. The van der Waals surface area contributed by atoms with Gasteiger partial charge in [0.05, 0.1) is 22.9 Å². The van der Waals surface area contributed by atoms with Crippen molar-refractivity contribution in [3.05, 3.63) is 17.8 Å². The number of thiophene rings is 1. The number of hydrogen-bond acceptors (Lipinski definition) is 5. The van der Waals surface area contributed by atoms with E-state index in [9.17, 15) is 5.11 Å². The van der Waals surface area contributed by atoms with E-state index >= 15 is 0 Å². The quantitative estimate of drug-likeness (QED) is 0.883. The molecule has 0 bridgehead atoms. The largest absolute Gasteiger partial charge is 0.394 e. The van der Waals surface area contributed by atoms with Crippen molar-refractivity contribution in [3.63, 3.8) is 0 Å². The van der Waals surface area contributed by atoms with Crippen LogP contribution in [0.3, 0.4) is 0 Å². The molecule has 1 aliphatic heterocycles. The van der Waals surface area contributed by atoms with Crippen molar-refractivity contribution < 1.29 is 5.11 Å². The molecule has 5 heteroatoms. The van der Waals surface area contributed by atoms with E-state index in [0.29, 0.717) is 5.92 Å². The Hall–Kier alpha value is -1.20. The molecule has 1 fully saturated rings. The molecular weight excluding hydrogens is 234 g/mol. The van der Waals surface area contributed by atoms with Gasteiger partial charge in [0.1, 0.15) is 12.1 Å². The van der Waals surface area contributed by atoms with Crippen molar-refractivity contribution >= 4 is 27.4 Å². The van der Waals surface area contributed by atoms with Crippen molar-refractivity contribution in [2.75, 3.05) is 18.1 Å². The zero-order valence-corrected chi connectivity index (χ0v) is 10.5. The SMILES string of the molecule is CC1CCN(c2ncnc3ccsc23)C1CO. The number of aliphatic hydroxyl groups is 1. The molecular formula is C12H15N3OS. The highest BCUT2D eigenvalue weighted by atomic mass is 32.1. The van der Waals surface area contributed by atoms with Crippen molar-refractivity contribution in [2.45, 2.75) is 19.4 Å². The Balaban J connectivity index is 2.06. The molecule has 2 unspecified atom stereocenters. The normalized spacial score (nSPS) is 24.7. The second-order valence-electron chi connectivity index (χ2n) is 4.54. The van der Waals surface area contributed by atoms with Gasteiger partial charge in [0.25, 0.3) is 0 Å². The molecule has 0 aromatic carbocycles. The van der Waals surface area contributed by atoms with E-state index in [1.165, 1.54) is 0 Å². The lowest BCUT2D eigenvalue weighted by Gasteiger charge is -2.26. The number of hydrogen-bond donors (Lipinski definition) is 1. The highest BCUT2D eigenvalue weighted by Gasteiger charge is 2.32. The van der Waals surface area contributed by atoms with Crippen LogP contribution in [0.15, 0.2) is 17.8 Å². The fourth-order valence-electron chi connectivity index (χ4n) is 2.53. The molecule has 3 heterocycles. The Morgan fingerprint density at radius 3 is 3.24 bits per heavy atom. The third-order valence-electron chi connectivity index (χ3n) is 3.57. The summed E-state index contributed by atoms with van der Waals surface area (Å²) in [6.07, 6.45) is 2.73. The summed E-state index contributed by atoms with van der Waals surface area (Å²) in [5.41, 5.74) is 0.997. The third kappa shape index (κ3) is 1.70. The molecule has 2 atom stereocenters. The topological polar surface area (TPSA) is 49.2 Å². The van der Waals surface area contributed by atoms with Gasteiger partial charge in [0.15, 0.2) is 0 Å². The molecule has 0 aliphatic carbocycles. The monoisotopic (exact) mass is 249 g/mol. The summed E-state index contributed by atoms with van der Waals surface area (Å²) in [7, 11) is 0. The maximum absolute atomic E-state index is 9.51. The van der Waals surface area contributed by atoms with Crippen LogP contribution < -0.4 is 4.90 Å². The average Bonchev–Trinajstić information content (AvgIpc) is 2.94. The Bertz CT molecular complexity index is 527. The van der Waals surface area contributed by atoms with Crippen molar-refractivity contribution in [1.29, 1.82) is 0 Å². The van der Waals surface area contributed by atoms with E-state index in [-0.39, 0.29) is 12.6 Å². The molecule has 4 nitrogen and oxygen atoms in total. The first-order chi connectivity index (χ1) is 8.31. The van der Waals surface area contributed by atoms with Crippen LogP contribution in [-0.2, 0) is 0 Å². The van der Waals surface area contributed by atoms with Gasteiger partial charge in [-0.2, -0.15) is 0 Å². The van der Waals surface area contributed by atoms with E-state index in [2.05, 4.69) is 21.8 Å². The standard InChI is InChI=1S/C12H15N3OS/c1-8-2-4-15(10(8)6-16)12-11-9(3-5-17-11)13-7-14-12/h3,5,7-8,10,16H,2,4,6H2,1H3. The van der Waals surface area contributed by atoms with Crippen LogP contribution in [0.25, 0.3) is 10.2 Å². The Morgan fingerprint density at radius 2 is 2.41 bits per heavy atom. The summed E-state index contributed by atoms with van der Waals surface area (Å²) in [6, 6.07) is 2.20. The second kappa shape index (κ2) is 4.23. The summed E-state index contributed by atoms with van der Waals surface area (Å²) in [5.74, 6) is 1.50. The Kier molecular flexibility index (Phi) is 2.72. The summed E-state index contributed by atoms with van der Waals surface area (Å²) in [6.45, 7) is 3.35. The van der Waals surface area contributed by atoms with Crippen molar-refractivity contribution in [1.82, 2.24) is 9.97 Å². The fourth-order valence-corrected chi connectivity index (χ4v) is 3.38. The summed E-state index contributed by atoms with van der Waals surface area (Å²) >= 11 is 1.67. The minimum Gasteiger partial charge on any atom is -0.394 e. The lowest BCUT2D eigenvalue weighted by atomic mass is 10.0. The highest BCUT2D eigenvalue weighted by Crippen LogP contribution is 2.34. The van der Waals surface area contributed by atoms with Crippen molar-refractivity contribution in [2.24, 2.45) is 5.92 Å². The molecule has 1 N–H and O–H groups in total. The number of nitrogens with zero attached hydrogens (tertiary/aromatic N) is 3. The number of aromatic nitrogens is 2. The maximum atomic E-state index is 9.51. The predicted molar refractivity (Wildman–Crippen MR) is 69.4 cm³/mol. The van der Waals surface area contributed by atoms with Gasteiger partial charge in [0, 0.05) is 6.54 Å². The maximum Gasteiger partial charge on any atom is 0.150 e. The zero-order chi connectivity index (χ0) is 11.8. The molecule has 0 spiro atoms. The molecule has 3 rings (SSSR count). The van der Waals surface area contributed by atoms with Crippen LogP contribution in [-0.4, -0.2) is 34.3 Å². The van der Waals surface area contributed by atoms with Gasteiger partial charge in [-0.25, -0.2) is 9.97 Å². The fraction of sp³-hybridized carbons (Fsp3) is 0.500. The second-order valence-corrected chi connectivity index (χ2v) is 5.46. The first-order valence-electron chi connectivity index (χ1n) is 5.87. The van der Waals surface area contributed by atoms with Crippen LogP contribution in [0.5, 0.6) is 0 Å². The number of fused-ring (bicyclic) bond motifs is 1. The predicted octanol–water partition coefficient (Wildman–Crippen LogP) is 1.90. The van der Waals surface area contributed by atoms with Crippen LogP contribution in [0, 0.1) is 5.92 Å². The minimum absolute atomic E-state index is 0.190. The first kappa shape index (κ1) is 10.9. The van der Waals surface area contributed by atoms with Crippen LogP contribution >= 0.6 is 11.3 Å². The molecule has 90 valence electrons. The van der Waals surface area contributed by atoms with Gasteiger partial charge in [0.2, 0.25) is 0 Å².